The lowest BCUT2D eigenvalue weighted by molar-refractivity contribution is -0.117. The number of hydrogen-bond acceptors (Lipinski definition) is 4. The van der Waals surface area contributed by atoms with Crippen molar-refractivity contribution in [2.45, 2.75) is 25.3 Å². The van der Waals surface area contributed by atoms with Crippen molar-refractivity contribution >= 4 is 23.2 Å². The summed E-state index contributed by atoms with van der Waals surface area (Å²) in [7, 11) is 0. The standard InChI is InChI=1S/C21H22ClFN2O3/c22-15-5-6-16(23)17(12-15)24-21(26)13-25-8-1-3-18(25)14-4-7-19-20(11-14)28-10-2-9-27-19/h4-7,11-12,18H,1-3,8-10,13H2,(H,24,26)/t18-/m1/s1. The second-order valence-corrected chi connectivity index (χ2v) is 7.49. The predicted molar refractivity (Wildman–Crippen MR) is 106 cm³/mol. The molecule has 5 nitrogen and oxygen atoms in total. The highest BCUT2D eigenvalue weighted by Gasteiger charge is 2.28. The third kappa shape index (κ3) is 4.23. The molecule has 1 amide bonds. The number of benzene rings is 2. The molecule has 0 aliphatic carbocycles. The van der Waals surface area contributed by atoms with Gasteiger partial charge in [0.2, 0.25) is 5.91 Å². The van der Waals surface area contributed by atoms with Crippen LogP contribution < -0.4 is 14.8 Å². The monoisotopic (exact) mass is 404 g/mol. The quantitative estimate of drug-likeness (QED) is 0.819. The average Bonchev–Trinajstić information content (AvgIpc) is 3.00. The van der Waals surface area contributed by atoms with Gasteiger partial charge in [-0.25, -0.2) is 4.39 Å². The summed E-state index contributed by atoms with van der Waals surface area (Å²) in [6.45, 7) is 2.29. The minimum Gasteiger partial charge on any atom is -0.490 e. The van der Waals surface area contributed by atoms with Crippen LogP contribution in [0.2, 0.25) is 5.02 Å². The van der Waals surface area contributed by atoms with E-state index >= 15 is 0 Å². The first kappa shape index (κ1) is 19.0. The summed E-state index contributed by atoms with van der Waals surface area (Å²) in [5.41, 5.74) is 1.20. The van der Waals surface area contributed by atoms with Crippen molar-refractivity contribution in [3.05, 3.63) is 52.8 Å². The van der Waals surface area contributed by atoms with Crippen LogP contribution in [0.15, 0.2) is 36.4 Å². The third-order valence-electron chi connectivity index (χ3n) is 5.07. The van der Waals surface area contributed by atoms with E-state index in [-0.39, 0.29) is 24.2 Å². The molecule has 148 valence electrons. The van der Waals surface area contributed by atoms with E-state index in [1.165, 1.54) is 18.2 Å². The van der Waals surface area contributed by atoms with Crippen molar-refractivity contribution in [3.63, 3.8) is 0 Å². The summed E-state index contributed by atoms with van der Waals surface area (Å²) in [5, 5.41) is 3.00. The minimum absolute atomic E-state index is 0.101. The van der Waals surface area contributed by atoms with E-state index in [1.807, 2.05) is 18.2 Å². The molecule has 0 saturated carbocycles. The number of nitrogens with zero attached hydrogens (tertiary/aromatic N) is 1. The number of carbonyl (C=O) groups excluding carboxylic acids is 1. The van der Waals surface area contributed by atoms with Gasteiger partial charge in [0.1, 0.15) is 5.82 Å². The van der Waals surface area contributed by atoms with E-state index in [0.29, 0.717) is 18.2 Å². The fourth-order valence-corrected chi connectivity index (χ4v) is 3.92. The van der Waals surface area contributed by atoms with Crippen LogP contribution in [-0.4, -0.2) is 37.1 Å². The summed E-state index contributed by atoms with van der Waals surface area (Å²) in [5.74, 6) is 0.758. The van der Waals surface area contributed by atoms with Crippen molar-refractivity contribution in [1.29, 1.82) is 0 Å². The number of amides is 1. The topological polar surface area (TPSA) is 50.8 Å². The van der Waals surface area contributed by atoms with Gasteiger partial charge in [-0.2, -0.15) is 0 Å². The molecular weight excluding hydrogens is 383 g/mol. The average molecular weight is 405 g/mol. The number of carbonyl (C=O) groups is 1. The Morgan fingerprint density at radius 2 is 1.96 bits per heavy atom. The van der Waals surface area contributed by atoms with E-state index < -0.39 is 5.82 Å². The molecule has 4 rings (SSSR count). The van der Waals surface area contributed by atoms with Gasteiger partial charge in [0, 0.05) is 17.5 Å². The molecule has 0 radical (unpaired) electrons. The Morgan fingerprint density at radius 1 is 1.14 bits per heavy atom. The molecule has 2 aromatic rings. The maximum absolute atomic E-state index is 13.9. The molecule has 0 bridgehead atoms. The molecule has 0 spiro atoms. The van der Waals surface area contributed by atoms with Gasteiger partial charge in [-0.3, -0.25) is 9.69 Å². The summed E-state index contributed by atoms with van der Waals surface area (Å²) in [6.07, 6.45) is 2.82. The summed E-state index contributed by atoms with van der Waals surface area (Å²) >= 11 is 5.89. The Kier molecular flexibility index (Phi) is 5.69. The number of nitrogens with one attached hydrogen (secondary N) is 1. The van der Waals surface area contributed by atoms with E-state index in [9.17, 15) is 9.18 Å². The van der Waals surface area contributed by atoms with E-state index in [4.69, 9.17) is 21.1 Å². The Labute approximate surface area is 168 Å². The van der Waals surface area contributed by atoms with Gasteiger partial charge < -0.3 is 14.8 Å². The summed E-state index contributed by atoms with van der Waals surface area (Å²) < 4.78 is 25.4. The van der Waals surface area contributed by atoms with Crippen molar-refractivity contribution in [2.75, 3.05) is 31.6 Å². The molecule has 1 N–H and O–H groups in total. The van der Waals surface area contributed by atoms with Crippen LogP contribution >= 0.6 is 11.6 Å². The highest BCUT2D eigenvalue weighted by molar-refractivity contribution is 6.30. The molecule has 0 unspecified atom stereocenters. The fourth-order valence-electron chi connectivity index (χ4n) is 3.75. The second-order valence-electron chi connectivity index (χ2n) is 7.06. The zero-order valence-electron chi connectivity index (χ0n) is 15.4. The Bertz CT molecular complexity index is 877. The number of anilines is 1. The largest absolute Gasteiger partial charge is 0.490 e. The van der Waals surface area contributed by atoms with Crippen LogP contribution in [0.4, 0.5) is 10.1 Å². The zero-order valence-corrected chi connectivity index (χ0v) is 16.2. The van der Waals surface area contributed by atoms with E-state index in [0.717, 1.165) is 42.9 Å². The third-order valence-corrected chi connectivity index (χ3v) is 5.30. The van der Waals surface area contributed by atoms with Crippen LogP contribution in [-0.2, 0) is 4.79 Å². The molecular formula is C21H22ClFN2O3. The Hall–Kier alpha value is -2.31. The van der Waals surface area contributed by atoms with Crippen LogP contribution in [0.25, 0.3) is 0 Å². The van der Waals surface area contributed by atoms with Crippen LogP contribution in [0.5, 0.6) is 11.5 Å². The van der Waals surface area contributed by atoms with Crippen molar-refractivity contribution in [2.24, 2.45) is 0 Å². The predicted octanol–water partition coefficient (Wildman–Crippen LogP) is 4.42. The molecule has 2 heterocycles. The lowest BCUT2D eigenvalue weighted by Gasteiger charge is -2.25. The maximum Gasteiger partial charge on any atom is 0.238 e. The maximum atomic E-state index is 13.9. The van der Waals surface area contributed by atoms with Crippen LogP contribution in [0.3, 0.4) is 0 Å². The Balaban J connectivity index is 1.45. The van der Waals surface area contributed by atoms with Gasteiger partial charge in [0.25, 0.3) is 0 Å². The second kappa shape index (κ2) is 8.37. The first-order chi connectivity index (χ1) is 13.6. The zero-order chi connectivity index (χ0) is 19.5. The Morgan fingerprint density at radius 3 is 2.82 bits per heavy atom. The molecule has 28 heavy (non-hydrogen) atoms. The smallest absolute Gasteiger partial charge is 0.238 e. The molecule has 2 aliphatic rings. The van der Waals surface area contributed by atoms with Gasteiger partial charge >= 0.3 is 0 Å². The molecule has 1 fully saturated rings. The highest BCUT2D eigenvalue weighted by atomic mass is 35.5. The summed E-state index contributed by atoms with van der Waals surface area (Å²) in [4.78, 5) is 14.6. The van der Waals surface area contributed by atoms with Gasteiger partial charge in [0.05, 0.1) is 25.4 Å². The molecule has 0 aromatic heterocycles. The molecule has 2 aliphatic heterocycles. The number of likely N-dealkylation sites (tertiary alicyclic amines) is 1. The van der Waals surface area contributed by atoms with Crippen LogP contribution in [0.1, 0.15) is 30.9 Å². The van der Waals surface area contributed by atoms with E-state index in [1.54, 1.807) is 0 Å². The fraction of sp³-hybridized carbons (Fsp3) is 0.381. The first-order valence-corrected chi connectivity index (χ1v) is 9.86. The van der Waals surface area contributed by atoms with Gasteiger partial charge in [-0.1, -0.05) is 17.7 Å². The van der Waals surface area contributed by atoms with Crippen molar-refractivity contribution < 1.29 is 18.7 Å². The number of halogens is 2. The SMILES string of the molecule is O=C(CN1CCC[C@@H]1c1ccc2c(c1)OCCCO2)Nc1cc(Cl)ccc1F. The van der Waals surface area contributed by atoms with Crippen molar-refractivity contribution in [1.82, 2.24) is 4.90 Å². The minimum atomic E-state index is -0.501. The molecule has 2 aromatic carbocycles. The summed E-state index contributed by atoms with van der Waals surface area (Å²) in [6, 6.07) is 10.2. The molecule has 1 atom stereocenters. The van der Waals surface area contributed by atoms with Gasteiger partial charge in [-0.05, 0) is 55.3 Å². The van der Waals surface area contributed by atoms with Crippen LogP contribution in [0, 0.1) is 5.82 Å². The number of hydrogen-bond donors (Lipinski definition) is 1. The lowest BCUT2D eigenvalue weighted by Crippen LogP contribution is -2.33. The van der Waals surface area contributed by atoms with Gasteiger partial charge in [-0.15, -0.1) is 0 Å². The first-order valence-electron chi connectivity index (χ1n) is 9.48. The number of ether oxygens (including phenoxy) is 2. The number of fused-ring (bicyclic) bond motifs is 1. The van der Waals surface area contributed by atoms with E-state index in [2.05, 4.69) is 10.2 Å². The van der Waals surface area contributed by atoms with Crippen molar-refractivity contribution in [3.8, 4) is 11.5 Å². The molecule has 1 saturated heterocycles. The normalized spacial score (nSPS) is 19.3. The lowest BCUT2D eigenvalue weighted by atomic mass is 10.0. The highest BCUT2D eigenvalue weighted by Crippen LogP contribution is 2.37. The van der Waals surface area contributed by atoms with Gasteiger partial charge in [0.15, 0.2) is 11.5 Å². The number of rotatable bonds is 4. The molecule has 7 heteroatoms.